The van der Waals surface area contributed by atoms with Crippen molar-refractivity contribution in [3.8, 4) is 28.9 Å². The minimum atomic E-state index is -0.427. The molecule has 4 rings (SSSR count). The van der Waals surface area contributed by atoms with E-state index in [0.717, 1.165) is 16.7 Å². The zero-order chi connectivity index (χ0) is 21.1. The quantitative estimate of drug-likeness (QED) is 0.547. The van der Waals surface area contributed by atoms with Crippen LogP contribution in [-0.2, 0) is 6.61 Å². The van der Waals surface area contributed by atoms with E-state index in [9.17, 15) is 10.1 Å². The van der Waals surface area contributed by atoms with E-state index >= 15 is 0 Å². The number of benzene rings is 1. The van der Waals surface area contributed by atoms with Crippen LogP contribution in [0.3, 0.4) is 0 Å². The predicted molar refractivity (Wildman–Crippen MR) is 108 cm³/mol. The van der Waals surface area contributed by atoms with Gasteiger partial charge in [-0.25, -0.2) is 14.9 Å². The van der Waals surface area contributed by atoms with E-state index in [1.165, 1.54) is 4.68 Å². The van der Waals surface area contributed by atoms with Crippen molar-refractivity contribution in [3.63, 3.8) is 0 Å². The molecule has 0 saturated carbocycles. The monoisotopic (exact) mass is 399 g/mol. The summed E-state index contributed by atoms with van der Waals surface area (Å²) in [6, 6.07) is 14.7. The zero-order valence-corrected chi connectivity index (χ0v) is 16.3. The first-order chi connectivity index (χ1) is 14.6. The Morgan fingerprint density at radius 3 is 2.77 bits per heavy atom. The van der Waals surface area contributed by atoms with Crippen molar-refractivity contribution in [1.29, 1.82) is 5.26 Å². The number of ether oxygens (including phenoxy) is 1. The van der Waals surface area contributed by atoms with Crippen molar-refractivity contribution in [2.75, 3.05) is 0 Å². The van der Waals surface area contributed by atoms with Gasteiger partial charge in [0.2, 0.25) is 5.88 Å². The molecule has 3 aromatic heterocycles. The lowest BCUT2D eigenvalue weighted by Gasteiger charge is -2.13. The van der Waals surface area contributed by atoms with Gasteiger partial charge in [-0.1, -0.05) is 12.1 Å². The second-order valence-electron chi connectivity index (χ2n) is 6.57. The number of H-pyrrole nitrogens is 1. The maximum atomic E-state index is 11.9. The molecule has 0 aliphatic rings. The molecular formula is C21H17N7O2. The van der Waals surface area contributed by atoms with E-state index in [2.05, 4.69) is 31.6 Å². The number of nitriles is 1. The molecule has 1 N–H and O–H groups in total. The number of pyridine rings is 2. The van der Waals surface area contributed by atoms with Crippen LogP contribution in [0, 0.1) is 25.2 Å². The van der Waals surface area contributed by atoms with Crippen LogP contribution in [0.2, 0.25) is 0 Å². The lowest BCUT2D eigenvalue weighted by atomic mass is 10.1. The highest BCUT2D eigenvalue weighted by Gasteiger charge is 2.14. The van der Waals surface area contributed by atoms with Crippen LogP contribution in [0.5, 0.6) is 5.88 Å². The van der Waals surface area contributed by atoms with E-state index in [-0.39, 0.29) is 6.61 Å². The van der Waals surface area contributed by atoms with Gasteiger partial charge in [-0.15, -0.1) is 0 Å². The molecule has 0 radical (unpaired) electrons. The predicted octanol–water partition coefficient (Wildman–Crippen LogP) is 2.48. The Bertz CT molecular complexity index is 1320. The molecule has 0 unspecified atom stereocenters. The Morgan fingerprint density at radius 2 is 2.03 bits per heavy atom. The van der Waals surface area contributed by atoms with E-state index in [0.29, 0.717) is 28.5 Å². The summed E-state index contributed by atoms with van der Waals surface area (Å²) in [7, 11) is 0. The summed E-state index contributed by atoms with van der Waals surface area (Å²) in [5, 5.41) is 19.0. The Kier molecular flexibility index (Phi) is 5.05. The molecule has 1 aromatic carbocycles. The molecule has 0 bridgehead atoms. The van der Waals surface area contributed by atoms with Gasteiger partial charge in [0.25, 0.3) is 0 Å². The summed E-state index contributed by atoms with van der Waals surface area (Å²) < 4.78 is 7.10. The normalized spacial score (nSPS) is 10.6. The van der Waals surface area contributed by atoms with Gasteiger partial charge in [-0.05, 0) is 54.1 Å². The van der Waals surface area contributed by atoms with Crippen molar-refractivity contribution in [2.45, 2.75) is 20.5 Å². The molecule has 4 aromatic rings. The molecular weight excluding hydrogens is 382 g/mol. The van der Waals surface area contributed by atoms with Crippen LogP contribution in [0.15, 0.2) is 53.5 Å². The smallest absolute Gasteiger partial charge is 0.365 e. The molecule has 9 heteroatoms. The van der Waals surface area contributed by atoms with Crippen LogP contribution in [0.4, 0.5) is 0 Å². The number of nitrogens with one attached hydrogen (secondary N) is 1. The fraction of sp³-hybridized carbons (Fsp3) is 0.143. The van der Waals surface area contributed by atoms with E-state index in [4.69, 9.17) is 4.74 Å². The van der Waals surface area contributed by atoms with E-state index in [1.54, 1.807) is 30.5 Å². The number of aromatic amines is 1. The highest BCUT2D eigenvalue weighted by molar-refractivity contribution is 5.68. The second-order valence-corrected chi connectivity index (χ2v) is 6.57. The molecule has 0 aliphatic heterocycles. The molecule has 148 valence electrons. The maximum Gasteiger partial charge on any atom is 0.365 e. The number of hydrogen-bond acceptors (Lipinski definition) is 7. The Hall–Kier alpha value is -4.32. The Morgan fingerprint density at radius 1 is 1.17 bits per heavy atom. The first-order valence-electron chi connectivity index (χ1n) is 9.13. The molecule has 30 heavy (non-hydrogen) atoms. The third-order valence-electron chi connectivity index (χ3n) is 4.69. The number of aromatic nitrogens is 6. The first-order valence-corrected chi connectivity index (χ1v) is 9.13. The van der Waals surface area contributed by atoms with Gasteiger partial charge in [0.1, 0.15) is 12.7 Å². The van der Waals surface area contributed by atoms with E-state index in [1.807, 2.05) is 32.0 Å². The number of hydrogen-bond donors (Lipinski definition) is 1. The van der Waals surface area contributed by atoms with Crippen LogP contribution < -0.4 is 10.4 Å². The number of nitrogens with zero attached hydrogens (tertiary/aromatic N) is 6. The SMILES string of the molecule is Cc1cccc(-n2nn[nH]c2=O)c1COc1ccc(-c2ncccc2C#N)c(C)n1. The second kappa shape index (κ2) is 7.97. The lowest BCUT2D eigenvalue weighted by Crippen LogP contribution is -2.18. The fourth-order valence-corrected chi connectivity index (χ4v) is 3.15. The van der Waals surface area contributed by atoms with Gasteiger partial charge in [0.05, 0.1) is 22.6 Å². The van der Waals surface area contributed by atoms with Crippen LogP contribution in [0.25, 0.3) is 16.9 Å². The average Bonchev–Trinajstić information content (AvgIpc) is 3.18. The van der Waals surface area contributed by atoms with Gasteiger partial charge in [-0.2, -0.15) is 9.94 Å². The van der Waals surface area contributed by atoms with Crippen molar-refractivity contribution in [2.24, 2.45) is 0 Å². The molecule has 0 fully saturated rings. The first kappa shape index (κ1) is 19.0. The molecule has 9 nitrogen and oxygen atoms in total. The number of aryl methyl sites for hydroxylation is 2. The van der Waals surface area contributed by atoms with E-state index < -0.39 is 5.69 Å². The van der Waals surface area contributed by atoms with Gasteiger partial charge >= 0.3 is 5.69 Å². The maximum absolute atomic E-state index is 11.9. The molecule has 0 saturated heterocycles. The van der Waals surface area contributed by atoms with Gasteiger partial charge in [0.15, 0.2) is 0 Å². The summed E-state index contributed by atoms with van der Waals surface area (Å²) in [5.74, 6) is 0.424. The third kappa shape index (κ3) is 3.54. The molecule has 0 atom stereocenters. The minimum absolute atomic E-state index is 0.195. The van der Waals surface area contributed by atoms with Gasteiger partial charge in [-0.3, -0.25) is 4.98 Å². The summed E-state index contributed by atoms with van der Waals surface area (Å²) in [5.41, 5.74) is 4.45. The molecule has 0 aliphatic carbocycles. The van der Waals surface area contributed by atoms with Gasteiger partial charge < -0.3 is 4.74 Å². The fourth-order valence-electron chi connectivity index (χ4n) is 3.15. The highest BCUT2D eigenvalue weighted by Crippen LogP contribution is 2.26. The minimum Gasteiger partial charge on any atom is -0.473 e. The average molecular weight is 399 g/mol. The standard InChI is InChI=1S/C21H17N7O2/c1-13-5-3-7-18(28-21(29)25-26-27-28)17(13)12-30-19-9-8-16(14(2)24-19)20-15(11-22)6-4-10-23-20/h3-10H,12H2,1-2H3,(H,25,27,29). The highest BCUT2D eigenvalue weighted by atomic mass is 16.5. The van der Waals surface area contributed by atoms with Crippen molar-refractivity contribution in [3.05, 3.63) is 81.5 Å². The third-order valence-corrected chi connectivity index (χ3v) is 4.69. The van der Waals surface area contributed by atoms with Crippen LogP contribution >= 0.6 is 0 Å². The van der Waals surface area contributed by atoms with Crippen molar-refractivity contribution in [1.82, 2.24) is 30.2 Å². The summed E-state index contributed by atoms with van der Waals surface area (Å²) in [6.07, 6.45) is 1.64. The van der Waals surface area contributed by atoms with Crippen molar-refractivity contribution < 1.29 is 4.74 Å². The van der Waals surface area contributed by atoms with Gasteiger partial charge in [0, 0.05) is 23.4 Å². The lowest BCUT2D eigenvalue weighted by molar-refractivity contribution is 0.292. The summed E-state index contributed by atoms with van der Waals surface area (Å²) in [6.45, 7) is 3.96. The summed E-state index contributed by atoms with van der Waals surface area (Å²) >= 11 is 0. The molecule has 3 heterocycles. The summed E-state index contributed by atoms with van der Waals surface area (Å²) in [4.78, 5) is 20.7. The van der Waals surface area contributed by atoms with Crippen LogP contribution in [0.1, 0.15) is 22.4 Å². The molecule has 0 amide bonds. The largest absolute Gasteiger partial charge is 0.473 e. The van der Waals surface area contributed by atoms with Crippen molar-refractivity contribution >= 4 is 0 Å². The number of tetrazole rings is 1. The number of rotatable bonds is 5. The zero-order valence-electron chi connectivity index (χ0n) is 16.3. The van der Waals surface area contributed by atoms with Crippen LogP contribution in [-0.4, -0.2) is 30.2 Å². The molecule has 0 spiro atoms. The topological polar surface area (TPSA) is 122 Å². The Balaban J connectivity index is 1.62. The Labute approximate surface area is 171 Å².